The van der Waals surface area contributed by atoms with Crippen LogP contribution in [0.5, 0.6) is 5.75 Å². The standard InChI is InChI=1S/C13H14FNOS2/c1-15-11-6-9(14)7-12(16-2)13(11)18-8-10-4-3-5-17-10/h3-7,15H,8H2,1-2H3. The molecule has 0 aliphatic carbocycles. The van der Waals surface area contributed by atoms with E-state index in [2.05, 4.69) is 16.8 Å². The first kappa shape index (κ1) is 13.2. The van der Waals surface area contributed by atoms with Gasteiger partial charge in [-0.1, -0.05) is 6.07 Å². The van der Waals surface area contributed by atoms with Crippen LogP contribution >= 0.6 is 23.1 Å². The number of hydrogen-bond acceptors (Lipinski definition) is 4. The molecule has 0 aliphatic rings. The molecule has 0 fully saturated rings. The summed E-state index contributed by atoms with van der Waals surface area (Å²) >= 11 is 3.36. The van der Waals surface area contributed by atoms with Crippen molar-refractivity contribution in [2.75, 3.05) is 19.5 Å². The number of benzene rings is 1. The van der Waals surface area contributed by atoms with Crippen molar-refractivity contribution in [3.63, 3.8) is 0 Å². The molecule has 2 nitrogen and oxygen atoms in total. The zero-order valence-corrected chi connectivity index (χ0v) is 11.8. The van der Waals surface area contributed by atoms with Crippen LogP contribution in [0.2, 0.25) is 0 Å². The quantitative estimate of drug-likeness (QED) is 0.830. The maximum atomic E-state index is 13.4. The second kappa shape index (κ2) is 6.11. The van der Waals surface area contributed by atoms with E-state index >= 15 is 0 Å². The molecule has 0 spiro atoms. The molecule has 0 saturated carbocycles. The Morgan fingerprint density at radius 2 is 2.28 bits per heavy atom. The van der Waals surface area contributed by atoms with Gasteiger partial charge in [0.1, 0.15) is 11.6 Å². The fourth-order valence-corrected chi connectivity index (χ4v) is 3.51. The SMILES string of the molecule is CNc1cc(F)cc(OC)c1SCc1cccs1. The van der Waals surface area contributed by atoms with Crippen molar-refractivity contribution in [2.24, 2.45) is 0 Å². The van der Waals surface area contributed by atoms with E-state index in [1.165, 1.54) is 17.0 Å². The van der Waals surface area contributed by atoms with Gasteiger partial charge >= 0.3 is 0 Å². The van der Waals surface area contributed by atoms with Crippen LogP contribution in [-0.4, -0.2) is 14.2 Å². The summed E-state index contributed by atoms with van der Waals surface area (Å²) in [6.45, 7) is 0. The molecule has 0 radical (unpaired) electrons. The summed E-state index contributed by atoms with van der Waals surface area (Å²) < 4.78 is 18.6. The van der Waals surface area contributed by atoms with Crippen molar-refractivity contribution in [2.45, 2.75) is 10.6 Å². The summed E-state index contributed by atoms with van der Waals surface area (Å²) in [4.78, 5) is 2.23. The van der Waals surface area contributed by atoms with Crippen LogP contribution in [-0.2, 0) is 5.75 Å². The first-order valence-corrected chi connectivity index (χ1v) is 7.31. The fourth-order valence-electron chi connectivity index (χ4n) is 1.59. The molecule has 1 aromatic carbocycles. The number of thiophene rings is 1. The predicted molar refractivity (Wildman–Crippen MR) is 76.4 cm³/mol. The van der Waals surface area contributed by atoms with Gasteiger partial charge in [0, 0.05) is 23.7 Å². The zero-order valence-electron chi connectivity index (χ0n) is 10.2. The van der Waals surface area contributed by atoms with E-state index in [1.807, 2.05) is 6.07 Å². The van der Waals surface area contributed by atoms with Crippen molar-refractivity contribution in [3.8, 4) is 5.75 Å². The van der Waals surface area contributed by atoms with Gasteiger partial charge in [0.05, 0.1) is 17.7 Å². The van der Waals surface area contributed by atoms with Crippen LogP contribution < -0.4 is 10.1 Å². The smallest absolute Gasteiger partial charge is 0.137 e. The summed E-state index contributed by atoms with van der Waals surface area (Å²) in [5.74, 6) is 1.13. The summed E-state index contributed by atoms with van der Waals surface area (Å²) in [5.41, 5.74) is 0.758. The van der Waals surface area contributed by atoms with E-state index in [0.29, 0.717) is 5.75 Å². The molecule has 0 saturated heterocycles. The topological polar surface area (TPSA) is 21.3 Å². The van der Waals surface area contributed by atoms with E-state index in [1.54, 1.807) is 37.3 Å². The van der Waals surface area contributed by atoms with E-state index in [4.69, 9.17) is 4.74 Å². The lowest BCUT2D eigenvalue weighted by Crippen LogP contribution is -1.96. The van der Waals surface area contributed by atoms with Gasteiger partial charge < -0.3 is 10.1 Å². The molecule has 0 bridgehead atoms. The normalized spacial score (nSPS) is 10.4. The van der Waals surface area contributed by atoms with E-state index in [0.717, 1.165) is 16.3 Å². The minimum absolute atomic E-state index is 0.295. The Morgan fingerprint density at radius 1 is 1.44 bits per heavy atom. The minimum Gasteiger partial charge on any atom is -0.495 e. The van der Waals surface area contributed by atoms with Gasteiger partial charge in [-0.15, -0.1) is 23.1 Å². The monoisotopic (exact) mass is 283 g/mol. The number of thioether (sulfide) groups is 1. The van der Waals surface area contributed by atoms with Gasteiger partial charge in [0.15, 0.2) is 0 Å². The van der Waals surface area contributed by atoms with Gasteiger partial charge in [-0.05, 0) is 17.5 Å². The largest absolute Gasteiger partial charge is 0.495 e. The van der Waals surface area contributed by atoms with Gasteiger partial charge in [-0.3, -0.25) is 0 Å². The summed E-state index contributed by atoms with van der Waals surface area (Å²) in [5, 5.41) is 5.06. The molecule has 2 aromatic rings. The molecule has 5 heteroatoms. The first-order valence-electron chi connectivity index (χ1n) is 5.45. The Kier molecular flexibility index (Phi) is 4.49. The number of methoxy groups -OCH3 is 1. The summed E-state index contributed by atoms with van der Waals surface area (Å²) in [6.07, 6.45) is 0. The van der Waals surface area contributed by atoms with E-state index in [9.17, 15) is 4.39 Å². The van der Waals surface area contributed by atoms with Crippen molar-refractivity contribution in [1.82, 2.24) is 0 Å². The van der Waals surface area contributed by atoms with Crippen molar-refractivity contribution < 1.29 is 9.13 Å². The highest BCUT2D eigenvalue weighted by atomic mass is 32.2. The van der Waals surface area contributed by atoms with Gasteiger partial charge in [-0.25, -0.2) is 4.39 Å². The highest BCUT2D eigenvalue weighted by Crippen LogP contribution is 2.39. The Labute approximate surface area is 114 Å². The predicted octanol–water partition coefficient (Wildman–Crippen LogP) is 4.23. The third kappa shape index (κ3) is 2.97. The maximum absolute atomic E-state index is 13.4. The Bertz CT molecular complexity index is 489. The Balaban J connectivity index is 2.24. The van der Waals surface area contributed by atoms with Crippen LogP contribution in [0, 0.1) is 5.82 Å². The average Bonchev–Trinajstić information content (AvgIpc) is 2.89. The van der Waals surface area contributed by atoms with E-state index in [-0.39, 0.29) is 5.82 Å². The molecular formula is C13H14FNOS2. The zero-order chi connectivity index (χ0) is 13.0. The molecule has 0 atom stereocenters. The molecule has 96 valence electrons. The molecule has 18 heavy (non-hydrogen) atoms. The molecule has 0 amide bonds. The number of ether oxygens (including phenoxy) is 1. The van der Waals surface area contributed by atoms with Crippen LogP contribution in [0.3, 0.4) is 0 Å². The average molecular weight is 283 g/mol. The third-order valence-electron chi connectivity index (χ3n) is 2.45. The first-order chi connectivity index (χ1) is 8.74. The molecular weight excluding hydrogens is 269 g/mol. The maximum Gasteiger partial charge on any atom is 0.137 e. The molecule has 1 heterocycles. The molecule has 1 aromatic heterocycles. The lowest BCUT2D eigenvalue weighted by Gasteiger charge is -2.13. The van der Waals surface area contributed by atoms with Crippen LogP contribution in [0.15, 0.2) is 34.5 Å². The van der Waals surface area contributed by atoms with Crippen LogP contribution in [0.1, 0.15) is 4.88 Å². The van der Waals surface area contributed by atoms with E-state index < -0.39 is 0 Å². The number of anilines is 1. The highest BCUT2D eigenvalue weighted by molar-refractivity contribution is 7.98. The Hall–Kier alpha value is -1.20. The summed E-state index contributed by atoms with van der Waals surface area (Å²) in [7, 11) is 3.34. The molecule has 2 rings (SSSR count). The lowest BCUT2D eigenvalue weighted by molar-refractivity contribution is 0.401. The second-order valence-corrected chi connectivity index (χ2v) is 5.62. The van der Waals surface area contributed by atoms with Crippen LogP contribution in [0.25, 0.3) is 0 Å². The van der Waals surface area contributed by atoms with Crippen molar-refractivity contribution in [1.29, 1.82) is 0 Å². The fraction of sp³-hybridized carbons (Fsp3) is 0.231. The van der Waals surface area contributed by atoms with Crippen molar-refractivity contribution >= 4 is 28.8 Å². The van der Waals surface area contributed by atoms with Gasteiger partial charge in [-0.2, -0.15) is 0 Å². The molecule has 0 unspecified atom stereocenters. The number of hydrogen-bond donors (Lipinski definition) is 1. The molecule has 0 aliphatic heterocycles. The molecule has 1 N–H and O–H groups in total. The van der Waals surface area contributed by atoms with Gasteiger partial charge in [0.2, 0.25) is 0 Å². The lowest BCUT2D eigenvalue weighted by atomic mass is 10.3. The Morgan fingerprint density at radius 3 is 2.89 bits per heavy atom. The number of halogens is 1. The second-order valence-electron chi connectivity index (χ2n) is 3.60. The highest BCUT2D eigenvalue weighted by Gasteiger charge is 2.12. The summed E-state index contributed by atoms with van der Waals surface area (Å²) in [6, 6.07) is 7.02. The number of nitrogens with one attached hydrogen (secondary N) is 1. The van der Waals surface area contributed by atoms with Crippen LogP contribution in [0.4, 0.5) is 10.1 Å². The van der Waals surface area contributed by atoms with Crippen molar-refractivity contribution in [3.05, 3.63) is 40.3 Å². The number of rotatable bonds is 5. The third-order valence-corrected chi connectivity index (χ3v) is 4.67. The minimum atomic E-state index is -0.295. The van der Waals surface area contributed by atoms with Gasteiger partial charge in [0.25, 0.3) is 0 Å².